The number of aromatic amines is 1. The molecule has 1 N–H and O–H groups in total. The average molecular weight is 439 g/mol. The molecule has 3 heterocycles. The number of nitrogens with zero attached hydrogens (tertiary/aromatic N) is 4. The van der Waals surface area contributed by atoms with E-state index >= 15 is 0 Å². The van der Waals surface area contributed by atoms with E-state index in [1.54, 1.807) is 25.3 Å². The third kappa shape index (κ3) is 3.68. The zero-order chi connectivity index (χ0) is 22.4. The van der Waals surface area contributed by atoms with Crippen molar-refractivity contribution in [2.75, 3.05) is 37.6 Å². The van der Waals surface area contributed by atoms with E-state index in [9.17, 15) is 13.2 Å². The number of piperazine rings is 1. The fraction of sp³-hybridized carbons (Fsp3) is 0.333. The van der Waals surface area contributed by atoms with E-state index in [0.29, 0.717) is 11.0 Å². The quantitative estimate of drug-likeness (QED) is 0.498. The number of pyridine rings is 1. The largest absolute Gasteiger partial charge is 0.368 e. The third-order valence-electron chi connectivity index (χ3n) is 6.31. The summed E-state index contributed by atoms with van der Waals surface area (Å²) in [5.41, 5.74) is 3.01. The lowest BCUT2D eigenvalue weighted by Crippen LogP contribution is -2.47. The van der Waals surface area contributed by atoms with Gasteiger partial charge >= 0.3 is 0 Å². The summed E-state index contributed by atoms with van der Waals surface area (Å²) in [5, 5.41) is 0.825. The summed E-state index contributed by atoms with van der Waals surface area (Å²) < 4.78 is 41.4. The number of hydrogen-bond donors (Lipinski definition) is 1. The summed E-state index contributed by atoms with van der Waals surface area (Å²) in [6, 6.07) is 7.79. The van der Waals surface area contributed by atoms with Gasteiger partial charge in [0.1, 0.15) is 11.6 Å². The first kappa shape index (κ1) is 20.8. The van der Waals surface area contributed by atoms with Gasteiger partial charge in [-0.25, -0.2) is 18.2 Å². The van der Waals surface area contributed by atoms with Crippen molar-refractivity contribution in [3.05, 3.63) is 65.4 Å². The fourth-order valence-corrected chi connectivity index (χ4v) is 4.53. The van der Waals surface area contributed by atoms with Crippen LogP contribution in [0.2, 0.25) is 0 Å². The maximum absolute atomic E-state index is 13.9. The van der Waals surface area contributed by atoms with E-state index < -0.39 is 11.6 Å². The zero-order valence-corrected chi connectivity index (χ0v) is 18.0. The molecule has 166 valence electrons. The Morgan fingerprint density at radius 2 is 1.84 bits per heavy atom. The number of nitrogens with one attached hydrogen (secondary N) is 1. The summed E-state index contributed by atoms with van der Waals surface area (Å²) in [7, 11) is 0. The van der Waals surface area contributed by atoms with Crippen molar-refractivity contribution in [1.29, 1.82) is 0 Å². The molecule has 0 radical (unpaired) electrons. The minimum absolute atomic E-state index is 0.0790. The molecular weight excluding hydrogens is 415 g/mol. The average Bonchev–Trinajstić information content (AvgIpc) is 3.22. The van der Waals surface area contributed by atoms with Crippen LogP contribution in [-0.2, 0) is 0 Å². The highest BCUT2D eigenvalue weighted by atomic mass is 19.2. The summed E-state index contributed by atoms with van der Waals surface area (Å²) in [6.45, 7) is 7.73. The molecule has 0 aliphatic carbocycles. The maximum Gasteiger partial charge on any atom is 0.164 e. The van der Waals surface area contributed by atoms with Crippen LogP contribution in [0.15, 0.2) is 36.5 Å². The van der Waals surface area contributed by atoms with E-state index in [1.165, 1.54) is 12.1 Å². The van der Waals surface area contributed by atoms with E-state index in [-0.39, 0.29) is 17.3 Å². The predicted octanol–water partition coefficient (Wildman–Crippen LogP) is 4.76. The number of aromatic nitrogens is 3. The molecule has 1 unspecified atom stereocenters. The summed E-state index contributed by atoms with van der Waals surface area (Å²) in [4.78, 5) is 16.7. The zero-order valence-electron chi connectivity index (χ0n) is 18.0. The molecule has 2 aromatic heterocycles. The van der Waals surface area contributed by atoms with Crippen molar-refractivity contribution in [3.8, 4) is 0 Å². The second kappa shape index (κ2) is 8.09. The molecule has 0 bridgehead atoms. The number of hydrogen-bond acceptors (Lipinski definition) is 4. The van der Waals surface area contributed by atoms with Gasteiger partial charge in [-0.2, -0.15) is 0 Å². The van der Waals surface area contributed by atoms with Gasteiger partial charge in [0.15, 0.2) is 11.6 Å². The number of benzene rings is 2. The number of rotatable bonds is 4. The van der Waals surface area contributed by atoms with Crippen molar-refractivity contribution in [3.63, 3.8) is 0 Å². The molecule has 0 spiro atoms. The van der Waals surface area contributed by atoms with Gasteiger partial charge in [-0.15, -0.1) is 0 Å². The molecule has 1 aliphatic heterocycles. The first-order valence-electron chi connectivity index (χ1n) is 10.8. The highest BCUT2D eigenvalue weighted by molar-refractivity contribution is 5.91. The smallest absolute Gasteiger partial charge is 0.164 e. The minimum atomic E-state index is -0.863. The number of imidazole rings is 1. The molecule has 1 saturated heterocycles. The van der Waals surface area contributed by atoms with Crippen LogP contribution in [0.4, 0.5) is 18.9 Å². The van der Waals surface area contributed by atoms with Crippen LogP contribution < -0.4 is 4.90 Å². The number of halogens is 3. The first-order valence-corrected chi connectivity index (χ1v) is 10.8. The maximum atomic E-state index is 13.9. The SMILES string of the molecule is Cc1c(F)c(F)cc2[nH]c(C(C)CN3CCN(c4ccnc5ccc(F)cc45)CC3)nc12. The molecule has 5 nitrogen and oxygen atoms in total. The molecular formula is C24H24F3N5. The van der Waals surface area contributed by atoms with Crippen molar-refractivity contribution in [2.45, 2.75) is 19.8 Å². The number of H-pyrrole nitrogens is 1. The molecule has 0 amide bonds. The molecule has 2 aromatic carbocycles. The summed E-state index contributed by atoms with van der Waals surface area (Å²) in [6.07, 6.45) is 1.76. The Bertz CT molecular complexity index is 1290. The second-order valence-corrected chi connectivity index (χ2v) is 8.50. The Balaban J connectivity index is 1.28. The fourth-order valence-electron chi connectivity index (χ4n) is 4.53. The van der Waals surface area contributed by atoms with Gasteiger partial charge in [0.05, 0.1) is 16.6 Å². The Hall–Kier alpha value is -3.13. The highest BCUT2D eigenvalue weighted by Gasteiger charge is 2.23. The molecule has 1 aliphatic rings. The van der Waals surface area contributed by atoms with E-state index in [2.05, 4.69) is 31.7 Å². The summed E-state index contributed by atoms with van der Waals surface area (Å²) >= 11 is 0. The van der Waals surface area contributed by atoms with Crippen LogP contribution in [0.5, 0.6) is 0 Å². The van der Waals surface area contributed by atoms with Gasteiger partial charge in [0.25, 0.3) is 0 Å². The lowest BCUT2D eigenvalue weighted by Gasteiger charge is -2.37. The van der Waals surface area contributed by atoms with Gasteiger partial charge in [-0.3, -0.25) is 9.88 Å². The number of fused-ring (bicyclic) bond motifs is 2. The Morgan fingerprint density at radius 1 is 1.06 bits per heavy atom. The monoisotopic (exact) mass is 439 g/mol. The number of anilines is 1. The van der Waals surface area contributed by atoms with Crippen molar-refractivity contribution in [2.24, 2.45) is 0 Å². The van der Waals surface area contributed by atoms with Crippen molar-refractivity contribution < 1.29 is 13.2 Å². The van der Waals surface area contributed by atoms with E-state index in [1.807, 2.05) is 6.07 Å². The van der Waals surface area contributed by atoms with Crippen molar-refractivity contribution >= 4 is 27.6 Å². The molecule has 1 fully saturated rings. The van der Waals surface area contributed by atoms with E-state index in [0.717, 1.165) is 55.1 Å². The van der Waals surface area contributed by atoms with Crippen LogP contribution in [0.3, 0.4) is 0 Å². The van der Waals surface area contributed by atoms with Crippen LogP contribution in [0.25, 0.3) is 21.9 Å². The lowest BCUT2D eigenvalue weighted by atomic mass is 10.1. The predicted molar refractivity (Wildman–Crippen MR) is 120 cm³/mol. The topological polar surface area (TPSA) is 48.1 Å². The Labute approximate surface area is 183 Å². The molecule has 4 aromatic rings. The Kier molecular flexibility index (Phi) is 5.25. The molecule has 8 heteroatoms. The van der Waals surface area contributed by atoms with Crippen LogP contribution in [-0.4, -0.2) is 52.6 Å². The second-order valence-electron chi connectivity index (χ2n) is 8.50. The standard InChI is InChI=1S/C24H24F3N5/c1-14(24-29-20-12-18(26)22(27)15(2)23(20)30-24)13-31-7-9-32(10-8-31)21-5-6-28-19-4-3-16(25)11-17(19)21/h3-6,11-12,14H,7-10,13H2,1-2H3,(H,29,30). The van der Waals surface area contributed by atoms with Gasteiger partial charge < -0.3 is 9.88 Å². The molecule has 1 atom stereocenters. The molecule has 32 heavy (non-hydrogen) atoms. The first-order chi connectivity index (χ1) is 15.4. The highest BCUT2D eigenvalue weighted by Crippen LogP contribution is 2.28. The normalized spacial score (nSPS) is 16.2. The molecule has 5 rings (SSSR count). The third-order valence-corrected chi connectivity index (χ3v) is 6.31. The Morgan fingerprint density at radius 3 is 2.62 bits per heavy atom. The van der Waals surface area contributed by atoms with Crippen molar-refractivity contribution in [1.82, 2.24) is 19.9 Å². The number of aryl methyl sites for hydroxylation is 1. The summed E-state index contributed by atoms with van der Waals surface area (Å²) in [5.74, 6) is -1.16. The van der Waals surface area contributed by atoms with Crippen LogP contribution >= 0.6 is 0 Å². The van der Waals surface area contributed by atoms with E-state index in [4.69, 9.17) is 0 Å². The minimum Gasteiger partial charge on any atom is -0.368 e. The lowest BCUT2D eigenvalue weighted by molar-refractivity contribution is 0.244. The van der Waals surface area contributed by atoms with Gasteiger partial charge in [0, 0.05) is 67.5 Å². The molecule has 0 saturated carbocycles. The van der Waals surface area contributed by atoms with Gasteiger partial charge in [-0.05, 0) is 31.2 Å². The van der Waals surface area contributed by atoms with Gasteiger partial charge in [0.2, 0.25) is 0 Å². The van der Waals surface area contributed by atoms with Crippen LogP contribution in [0, 0.1) is 24.4 Å². The van der Waals surface area contributed by atoms with Crippen LogP contribution in [0.1, 0.15) is 24.2 Å². The van der Waals surface area contributed by atoms with Gasteiger partial charge in [-0.1, -0.05) is 6.92 Å².